The molecule has 2 heterocycles. The van der Waals surface area contributed by atoms with E-state index >= 15 is 0 Å². The fraction of sp³-hybridized carbons (Fsp3) is 0.381. The van der Waals surface area contributed by atoms with Crippen molar-refractivity contribution in [3.63, 3.8) is 0 Å². The van der Waals surface area contributed by atoms with Crippen LogP contribution in [0.2, 0.25) is 0 Å². The van der Waals surface area contributed by atoms with Crippen molar-refractivity contribution >= 4 is 17.3 Å². The molecule has 0 bridgehead atoms. The number of hydrogen-bond acceptors (Lipinski definition) is 7. The van der Waals surface area contributed by atoms with Gasteiger partial charge in [0.1, 0.15) is 12.3 Å². The summed E-state index contributed by atoms with van der Waals surface area (Å²) < 4.78 is 16.9. The maximum Gasteiger partial charge on any atom is 0.293 e. The van der Waals surface area contributed by atoms with Crippen LogP contribution in [0.4, 0.5) is 11.4 Å². The van der Waals surface area contributed by atoms with E-state index in [4.69, 9.17) is 14.2 Å². The van der Waals surface area contributed by atoms with Gasteiger partial charge in [0.05, 0.1) is 24.7 Å². The molecule has 0 aliphatic carbocycles. The number of nitro benzene ring substituents is 1. The van der Waals surface area contributed by atoms with Crippen LogP contribution in [0.5, 0.6) is 11.5 Å². The zero-order valence-corrected chi connectivity index (χ0v) is 16.7. The van der Waals surface area contributed by atoms with E-state index < -0.39 is 4.92 Å². The summed E-state index contributed by atoms with van der Waals surface area (Å²) >= 11 is 0. The van der Waals surface area contributed by atoms with Crippen molar-refractivity contribution in [3.8, 4) is 11.5 Å². The van der Waals surface area contributed by atoms with Gasteiger partial charge in [0.25, 0.3) is 11.6 Å². The normalized spacial score (nSPS) is 18.0. The Morgan fingerprint density at radius 2 is 1.93 bits per heavy atom. The molecule has 0 unspecified atom stereocenters. The van der Waals surface area contributed by atoms with Gasteiger partial charge in [0.2, 0.25) is 0 Å². The lowest BCUT2D eigenvalue weighted by Gasteiger charge is -2.30. The summed E-state index contributed by atoms with van der Waals surface area (Å²) in [4.78, 5) is 27.5. The van der Waals surface area contributed by atoms with Gasteiger partial charge in [-0.05, 0) is 24.3 Å². The zero-order chi connectivity index (χ0) is 21.1. The van der Waals surface area contributed by atoms with Gasteiger partial charge in [-0.2, -0.15) is 0 Å². The number of amides is 1. The lowest BCUT2D eigenvalue weighted by Crippen LogP contribution is -2.41. The third kappa shape index (κ3) is 4.16. The number of para-hydroxylation sites is 2. The number of carbonyl (C=O) groups is 1. The van der Waals surface area contributed by atoms with Crippen LogP contribution >= 0.6 is 0 Å². The Morgan fingerprint density at radius 1 is 1.20 bits per heavy atom. The van der Waals surface area contributed by atoms with Gasteiger partial charge in [0.15, 0.2) is 17.6 Å². The quantitative estimate of drug-likeness (QED) is 0.548. The minimum Gasteiger partial charge on any atom is -0.486 e. The van der Waals surface area contributed by atoms with Crippen molar-refractivity contribution in [3.05, 3.63) is 58.1 Å². The average Bonchev–Trinajstić information content (AvgIpc) is 2.78. The summed E-state index contributed by atoms with van der Waals surface area (Å²) in [5.41, 5.74) is 0.684. The molecular weight excluding hydrogens is 390 g/mol. The number of nitrogens with zero attached hydrogens (tertiary/aromatic N) is 3. The van der Waals surface area contributed by atoms with Crippen LogP contribution < -0.4 is 14.4 Å². The van der Waals surface area contributed by atoms with Crippen molar-refractivity contribution in [1.29, 1.82) is 0 Å². The fourth-order valence-corrected chi connectivity index (χ4v) is 3.64. The molecule has 0 radical (unpaired) electrons. The number of anilines is 1. The molecule has 1 atom stereocenters. The fourth-order valence-electron chi connectivity index (χ4n) is 3.64. The van der Waals surface area contributed by atoms with E-state index in [1.165, 1.54) is 11.0 Å². The summed E-state index contributed by atoms with van der Waals surface area (Å²) in [7, 11) is 1.65. The van der Waals surface area contributed by atoms with E-state index in [2.05, 4.69) is 0 Å². The highest BCUT2D eigenvalue weighted by Gasteiger charge is 2.27. The predicted octanol–water partition coefficient (Wildman–Crippen LogP) is 2.34. The van der Waals surface area contributed by atoms with Crippen LogP contribution in [0.15, 0.2) is 42.5 Å². The largest absolute Gasteiger partial charge is 0.486 e. The Hall–Kier alpha value is -3.33. The first kappa shape index (κ1) is 20.0. The molecule has 0 N–H and O–H groups in total. The summed E-state index contributed by atoms with van der Waals surface area (Å²) in [6.45, 7) is 2.82. The second-order valence-electron chi connectivity index (χ2n) is 7.24. The number of ether oxygens (including phenoxy) is 3. The molecule has 2 aliphatic heterocycles. The topological polar surface area (TPSA) is 94.4 Å². The molecule has 9 nitrogen and oxygen atoms in total. The maximum atomic E-state index is 12.9. The highest BCUT2D eigenvalue weighted by molar-refractivity contribution is 5.95. The summed E-state index contributed by atoms with van der Waals surface area (Å²) in [6.07, 6.45) is -0.323. The molecule has 2 aliphatic rings. The SMILES string of the molecule is CN(C[C@H]1COc2ccccc2O1)C(=O)c1ccc(N2CCOCC2)c([N+](=O)[O-])c1. The highest BCUT2D eigenvalue weighted by Crippen LogP contribution is 2.32. The summed E-state index contributed by atoms with van der Waals surface area (Å²) in [5, 5.41) is 11.6. The molecule has 2 aromatic carbocycles. The lowest BCUT2D eigenvalue weighted by atomic mass is 10.1. The Kier molecular flexibility index (Phi) is 5.71. The first-order valence-corrected chi connectivity index (χ1v) is 9.78. The Balaban J connectivity index is 1.47. The Labute approximate surface area is 173 Å². The van der Waals surface area contributed by atoms with Crippen LogP contribution in [0.3, 0.4) is 0 Å². The first-order chi connectivity index (χ1) is 14.5. The molecular formula is C21H23N3O6. The number of nitro groups is 1. The minimum atomic E-state index is -0.448. The molecule has 9 heteroatoms. The molecule has 2 aromatic rings. The number of morpholine rings is 1. The molecule has 1 saturated heterocycles. The van der Waals surface area contributed by atoms with Crippen molar-refractivity contribution in [2.45, 2.75) is 6.10 Å². The second-order valence-corrected chi connectivity index (χ2v) is 7.24. The van der Waals surface area contributed by atoms with Crippen molar-refractivity contribution in [2.24, 2.45) is 0 Å². The number of rotatable bonds is 5. The Morgan fingerprint density at radius 3 is 2.67 bits per heavy atom. The number of carbonyl (C=O) groups excluding carboxylic acids is 1. The van der Waals surface area contributed by atoms with Crippen molar-refractivity contribution in [2.75, 3.05) is 51.4 Å². The van der Waals surface area contributed by atoms with Gasteiger partial charge in [-0.3, -0.25) is 14.9 Å². The number of likely N-dealkylation sites (N-methyl/N-ethyl adjacent to an activating group) is 1. The smallest absolute Gasteiger partial charge is 0.293 e. The average molecular weight is 413 g/mol. The Bertz CT molecular complexity index is 944. The predicted molar refractivity (Wildman–Crippen MR) is 109 cm³/mol. The third-order valence-electron chi connectivity index (χ3n) is 5.16. The van der Waals surface area contributed by atoms with E-state index in [1.807, 2.05) is 29.2 Å². The molecule has 0 saturated carbocycles. The van der Waals surface area contributed by atoms with Gasteiger partial charge in [0, 0.05) is 31.8 Å². The molecule has 1 fully saturated rings. The molecule has 30 heavy (non-hydrogen) atoms. The van der Waals surface area contributed by atoms with Crippen molar-refractivity contribution in [1.82, 2.24) is 4.90 Å². The second kappa shape index (κ2) is 8.58. The van der Waals surface area contributed by atoms with Crippen LogP contribution in [0, 0.1) is 10.1 Å². The van der Waals surface area contributed by atoms with Gasteiger partial charge >= 0.3 is 0 Å². The van der Waals surface area contributed by atoms with Crippen LogP contribution in [-0.4, -0.2) is 68.3 Å². The molecule has 0 aromatic heterocycles. The summed E-state index contributed by atoms with van der Waals surface area (Å²) in [5.74, 6) is 1.01. The van der Waals surface area contributed by atoms with Crippen LogP contribution in [0.25, 0.3) is 0 Å². The molecule has 158 valence electrons. The minimum absolute atomic E-state index is 0.0812. The van der Waals surface area contributed by atoms with Crippen LogP contribution in [-0.2, 0) is 4.74 Å². The highest BCUT2D eigenvalue weighted by atomic mass is 16.6. The van der Waals surface area contributed by atoms with Gasteiger partial charge in [-0.15, -0.1) is 0 Å². The number of benzene rings is 2. The number of fused-ring (bicyclic) bond motifs is 1. The number of hydrogen-bond donors (Lipinski definition) is 0. The summed E-state index contributed by atoms with van der Waals surface area (Å²) in [6, 6.07) is 12.0. The van der Waals surface area contributed by atoms with E-state index in [9.17, 15) is 14.9 Å². The molecule has 4 rings (SSSR count). The molecule has 0 spiro atoms. The first-order valence-electron chi connectivity index (χ1n) is 9.78. The van der Waals surface area contributed by atoms with E-state index in [1.54, 1.807) is 19.2 Å². The van der Waals surface area contributed by atoms with E-state index in [-0.39, 0.29) is 23.3 Å². The van der Waals surface area contributed by atoms with E-state index in [0.29, 0.717) is 56.6 Å². The molecule has 1 amide bonds. The standard InChI is InChI=1S/C21H23N3O6/c1-22(13-16-14-29-19-4-2-3-5-20(19)30-16)21(25)15-6-7-17(18(12-15)24(26)27)23-8-10-28-11-9-23/h2-7,12,16H,8-11,13-14H2,1H3/t16-/m0/s1. The van der Waals surface area contributed by atoms with Gasteiger partial charge in [-0.25, -0.2) is 0 Å². The monoisotopic (exact) mass is 413 g/mol. The zero-order valence-electron chi connectivity index (χ0n) is 16.7. The van der Waals surface area contributed by atoms with E-state index in [0.717, 1.165) is 0 Å². The van der Waals surface area contributed by atoms with Crippen LogP contribution in [0.1, 0.15) is 10.4 Å². The van der Waals surface area contributed by atoms with Gasteiger partial charge in [-0.1, -0.05) is 12.1 Å². The van der Waals surface area contributed by atoms with Gasteiger partial charge < -0.3 is 24.0 Å². The lowest BCUT2D eigenvalue weighted by molar-refractivity contribution is -0.384. The third-order valence-corrected chi connectivity index (χ3v) is 5.16. The maximum absolute atomic E-state index is 12.9. The van der Waals surface area contributed by atoms with Crippen molar-refractivity contribution < 1.29 is 23.9 Å².